The van der Waals surface area contributed by atoms with Crippen molar-refractivity contribution in [3.63, 3.8) is 0 Å². The molecule has 1 N–H and O–H groups in total. The van der Waals surface area contributed by atoms with Crippen LogP contribution in [0.5, 0.6) is 0 Å². The Balaban J connectivity index is 1.96. The van der Waals surface area contributed by atoms with Crippen molar-refractivity contribution in [1.29, 1.82) is 0 Å². The van der Waals surface area contributed by atoms with Crippen LogP contribution in [0.15, 0.2) is 77.6 Å². The molecular formula is C20H13ClFN3O. The highest BCUT2D eigenvalue weighted by atomic mass is 35.5. The van der Waals surface area contributed by atoms with Crippen LogP contribution in [0.2, 0.25) is 5.02 Å². The molecule has 6 heteroatoms. The molecule has 4 nitrogen and oxygen atoms in total. The Morgan fingerprint density at radius 1 is 0.962 bits per heavy atom. The molecule has 0 aliphatic carbocycles. The predicted molar refractivity (Wildman–Crippen MR) is 102 cm³/mol. The first-order valence-electron chi connectivity index (χ1n) is 7.93. The zero-order valence-electron chi connectivity index (χ0n) is 13.5. The van der Waals surface area contributed by atoms with Gasteiger partial charge in [0, 0.05) is 0 Å². The fourth-order valence-electron chi connectivity index (χ4n) is 2.74. The van der Waals surface area contributed by atoms with Crippen LogP contribution in [0.4, 0.5) is 16.0 Å². The zero-order valence-corrected chi connectivity index (χ0v) is 14.2. The maximum atomic E-state index is 13.3. The number of para-hydroxylation sites is 2. The SMILES string of the molecule is O=c1c2ccccc2nc(Nc2ccc(F)cc2Cl)n1-c1ccccc1. The van der Waals surface area contributed by atoms with Gasteiger partial charge in [-0.3, -0.25) is 4.79 Å². The molecule has 0 unspecified atom stereocenters. The summed E-state index contributed by atoms with van der Waals surface area (Å²) in [4.78, 5) is 17.6. The fourth-order valence-corrected chi connectivity index (χ4v) is 2.96. The summed E-state index contributed by atoms with van der Waals surface area (Å²) in [5, 5.41) is 3.76. The largest absolute Gasteiger partial charge is 0.324 e. The summed E-state index contributed by atoms with van der Waals surface area (Å²) < 4.78 is 14.8. The number of nitrogens with one attached hydrogen (secondary N) is 1. The zero-order chi connectivity index (χ0) is 18.1. The molecule has 0 atom stereocenters. The third-order valence-electron chi connectivity index (χ3n) is 3.97. The average molecular weight is 366 g/mol. The van der Waals surface area contributed by atoms with Crippen molar-refractivity contribution < 1.29 is 4.39 Å². The lowest BCUT2D eigenvalue weighted by molar-refractivity contribution is 0.628. The van der Waals surface area contributed by atoms with Crippen molar-refractivity contribution in [3.05, 3.63) is 94.0 Å². The maximum absolute atomic E-state index is 13.3. The summed E-state index contributed by atoms with van der Waals surface area (Å²) in [6, 6.07) is 20.3. The third kappa shape index (κ3) is 2.93. The van der Waals surface area contributed by atoms with E-state index in [0.717, 1.165) is 0 Å². The van der Waals surface area contributed by atoms with Gasteiger partial charge in [0.2, 0.25) is 5.95 Å². The number of hydrogen-bond acceptors (Lipinski definition) is 3. The molecule has 4 rings (SSSR count). The molecule has 0 spiro atoms. The number of anilines is 2. The smallest absolute Gasteiger partial charge is 0.267 e. The van der Waals surface area contributed by atoms with E-state index in [9.17, 15) is 9.18 Å². The second-order valence-electron chi connectivity index (χ2n) is 5.68. The minimum absolute atomic E-state index is 0.201. The topological polar surface area (TPSA) is 46.9 Å². The lowest BCUT2D eigenvalue weighted by Gasteiger charge is -2.15. The maximum Gasteiger partial charge on any atom is 0.267 e. The fraction of sp³-hybridized carbons (Fsp3) is 0. The van der Waals surface area contributed by atoms with Gasteiger partial charge < -0.3 is 5.32 Å². The molecule has 4 aromatic rings. The highest BCUT2D eigenvalue weighted by Crippen LogP contribution is 2.26. The van der Waals surface area contributed by atoms with E-state index in [4.69, 9.17) is 11.6 Å². The highest BCUT2D eigenvalue weighted by molar-refractivity contribution is 6.33. The Bertz CT molecular complexity index is 1160. The van der Waals surface area contributed by atoms with Crippen LogP contribution in [0.1, 0.15) is 0 Å². The van der Waals surface area contributed by atoms with E-state index in [1.54, 1.807) is 18.2 Å². The molecule has 0 aliphatic rings. The Morgan fingerprint density at radius 3 is 2.46 bits per heavy atom. The average Bonchev–Trinajstić information content (AvgIpc) is 2.65. The Labute approximate surface area is 153 Å². The van der Waals surface area contributed by atoms with Crippen molar-refractivity contribution in [2.45, 2.75) is 0 Å². The molecule has 0 fully saturated rings. The second kappa shape index (κ2) is 6.61. The van der Waals surface area contributed by atoms with E-state index in [2.05, 4.69) is 10.3 Å². The molecule has 0 amide bonds. The summed E-state index contributed by atoms with van der Waals surface area (Å²) in [6.45, 7) is 0. The van der Waals surface area contributed by atoms with E-state index in [1.807, 2.05) is 36.4 Å². The van der Waals surface area contributed by atoms with Crippen molar-refractivity contribution in [3.8, 4) is 5.69 Å². The van der Waals surface area contributed by atoms with Gasteiger partial charge in [0.15, 0.2) is 0 Å². The monoisotopic (exact) mass is 365 g/mol. The number of fused-ring (bicyclic) bond motifs is 1. The summed E-state index contributed by atoms with van der Waals surface area (Å²) in [6.07, 6.45) is 0. The van der Waals surface area contributed by atoms with Gasteiger partial charge >= 0.3 is 0 Å². The second-order valence-corrected chi connectivity index (χ2v) is 6.09. The van der Waals surface area contributed by atoms with Gasteiger partial charge in [-0.25, -0.2) is 13.9 Å². The number of halogens is 2. The molecule has 0 saturated heterocycles. The molecule has 128 valence electrons. The number of rotatable bonds is 3. The lowest BCUT2D eigenvalue weighted by Crippen LogP contribution is -2.22. The number of benzene rings is 3. The van der Waals surface area contributed by atoms with Crippen molar-refractivity contribution in [1.82, 2.24) is 9.55 Å². The number of aromatic nitrogens is 2. The van der Waals surface area contributed by atoms with Crippen LogP contribution in [0.3, 0.4) is 0 Å². The number of hydrogen-bond donors (Lipinski definition) is 1. The minimum atomic E-state index is -0.438. The van der Waals surface area contributed by atoms with Crippen LogP contribution in [0.25, 0.3) is 16.6 Å². The van der Waals surface area contributed by atoms with Gasteiger partial charge in [-0.05, 0) is 42.5 Å². The molecule has 0 bridgehead atoms. The van der Waals surface area contributed by atoms with Gasteiger partial charge in [-0.15, -0.1) is 0 Å². The van der Waals surface area contributed by atoms with Gasteiger partial charge in [0.1, 0.15) is 5.82 Å². The molecular weight excluding hydrogens is 353 g/mol. The van der Waals surface area contributed by atoms with E-state index in [0.29, 0.717) is 28.2 Å². The molecule has 0 saturated carbocycles. The first-order valence-corrected chi connectivity index (χ1v) is 8.30. The van der Waals surface area contributed by atoms with Gasteiger partial charge in [0.05, 0.1) is 27.3 Å². The third-order valence-corrected chi connectivity index (χ3v) is 4.28. The van der Waals surface area contributed by atoms with Gasteiger partial charge in [-0.1, -0.05) is 41.9 Å². The minimum Gasteiger partial charge on any atom is -0.324 e. The molecule has 3 aromatic carbocycles. The van der Waals surface area contributed by atoms with Gasteiger partial charge in [-0.2, -0.15) is 0 Å². The Morgan fingerprint density at radius 2 is 1.69 bits per heavy atom. The van der Waals surface area contributed by atoms with E-state index in [-0.39, 0.29) is 10.6 Å². The Hall–Kier alpha value is -3.18. The first kappa shape index (κ1) is 16.3. The normalized spacial score (nSPS) is 10.8. The van der Waals surface area contributed by atoms with E-state index < -0.39 is 5.82 Å². The summed E-state index contributed by atoms with van der Waals surface area (Å²) in [5.74, 6) is -0.138. The van der Waals surface area contributed by atoms with Crippen LogP contribution < -0.4 is 10.9 Å². The van der Waals surface area contributed by atoms with Crippen LogP contribution >= 0.6 is 11.6 Å². The summed E-state index contributed by atoms with van der Waals surface area (Å²) in [5.41, 5.74) is 1.48. The molecule has 1 heterocycles. The number of nitrogens with zero attached hydrogens (tertiary/aromatic N) is 2. The first-order chi connectivity index (χ1) is 12.6. The molecule has 26 heavy (non-hydrogen) atoms. The van der Waals surface area contributed by atoms with Gasteiger partial charge in [0.25, 0.3) is 5.56 Å². The molecule has 0 radical (unpaired) electrons. The van der Waals surface area contributed by atoms with Crippen LogP contribution in [-0.2, 0) is 0 Å². The molecule has 1 aromatic heterocycles. The predicted octanol–water partition coefficient (Wildman–Crippen LogP) is 4.92. The summed E-state index contributed by atoms with van der Waals surface area (Å²) >= 11 is 6.12. The molecule has 0 aliphatic heterocycles. The van der Waals surface area contributed by atoms with Crippen LogP contribution in [0, 0.1) is 5.82 Å². The summed E-state index contributed by atoms with van der Waals surface area (Å²) in [7, 11) is 0. The quantitative estimate of drug-likeness (QED) is 0.560. The Kier molecular flexibility index (Phi) is 4.14. The van der Waals surface area contributed by atoms with E-state index >= 15 is 0 Å². The van der Waals surface area contributed by atoms with Crippen molar-refractivity contribution >= 4 is 34.1 Å². The lowest BCUT2D eigenvalue weighted by atomic mass is 10.2. The highest BCUT2D eigenvalue weighted by Gasteiger charge is 2.14. The van der Waals surface area contributed by atoms with E-state index in [1.165, 1.54) is 22.8 Å². The standard InChI is InChI=1S/C20H13ClFN3O/c21-16-12-13(22)10-11-18(16)24-20-23-17-9-5-4-8-15(17)19(26)25(20)14-6-2-1-3-7-14/h1-12H,(H,23,24). The van der Waals surface area contributed by atoms with Crippen molar-refractivity contribution in [2.24, 2.45) is 0 Å². The van der Waals surface area contributed by atoms with Crippen molar-refractivity contribution in [2.75, 3.05) is 5.32 Å². The van der Waals surface area contributed by atoms with Crippen LogP contribution in [-0.4, -0.2) is 9.55 Å².